The number of anilines is 2. The van der Waals surface area contributed by atoms with Gasteiger partial charge in [0.1, 0.15) is 16.4 Å². The molecule has 38 heavy (non-hydrogen) atoms. The Hall–Kier alpha value is -4.49. The van der Waals surface area contributed by atoms with E-state index >= 15 is 0 Å². The number of rotatable bonds is 7. The number of carbonyl (C=O) groups is 1. The quantitative estimate of drug-likeness (QED) is 0.310. The van der Waals surface area contributed by atoms with Crippen molar-refractivity contribution in [2.24, 2.45) is 7.05 Å². The summed E-state index contributed by atoms with van der Waals surface area (Å²) in [5.41, 5.74) is 1.15. The number of aromatic nitrogens is 5. The van der Waals surface area contributed by atoms with Gasteiger partial charge in [0.05, 0.1) is 35.7 Å². The molecule has 0 saturated heterocycles. The van der Waals surface area contributed by atoms with E-state index in [2.05, 4.69) is 25.2 Å². The highest BCUT2D eigenvalue weighted by Gasteiger charge is 2.21. The van der Waals surface area contributed by atoms with Gasteiger partial charge in [-0.2, -0.15) is 15.2 Å². The van der Waals surface area contributed by atoms with Crippen molar-refractivity contribution in [3.05, 3.63) is 83.5 Å². The molecule has 0 spiro atoms. The van der Waals surface area contributed by atoms with Gasteiger partial charge < -0.3 is 10.1 Å². The zero-order valence-corrected chi connectivity index (χ0v) is 21.5. The van der Waals surface area contributed by atoms with Crippen molar-refractivity contribution in [1.29, 1.82) is 0 Å². The molecule has 5 rings (SSSR count). The van der Waals surface area contributed by atoms with Crippen LogP contribution < -0.4 is 14.8 Å². The van der Waals surface area contributed by atoms with Crippen LogP contribution in [0.15, 0.2) is 71.9 Å². The van der Waals surface area contributed by atoms with E-state index < -0.39 is 21.7 Å². The summed E-state index contributed by atoms with van der Waals surface area (Å²) in [5, 5.41) is 11.4. The van der Waals surface area contributed by atoms with Crippen LogP contribution in [0.3, 0.4) is 0 Å². The summed E-state index contributed by atoms with van der Waals surface area (Å²) in [5.74, 6) is -0.354. The smallest absolute Gasteiger partial charge is 0.274 e. The van der Waals surface area contributed by atoms with Gasteiger partial charge in [-0.25, -0.2) is 17.5 Å². The fourth-order valence-corrected chi connectivity index (χ4v) is 4.89. The molecular weight excluding hydrogens is 537 g/mol. The lowest BCUT2D eigenvalue weighted by molar-refractivity contribution is 0.101. The first kappa shape index (κ1) is 25.2. The van der Waals surface area contributed by atoms with Crippen LogP contribution in [-0.4, -0.2) is 46.0 Å². The van der Waals surface area contributed by atoms with Crippen LogP contribution in [0.4, 0.5) is 15.8 Å². The fraction of sp³-hybridized carbons (Fsp3) is 0.0833. The highest BCUT2D eigenvalue weighted by molar-refractivity contribution is 7.92. The molecule has 0 atom stereocenters. The number of sulfonamides is 1. The van der Waals surface area contributed by atoms with E-state index in [1.54, 1.807) is 31.3 Å². The van der Waals surface area contributed by atoms with E-state index in [1.165, 1.54) is 53.1 Å². The Morgan fingerprint density at radius 3 is 2.66 bits per heavy atom. The second-order valence-electron chi connectivity index (χ2n) is 8.05. The van der Waals surface area contributed by atoms with Gasteiger partial charge in [-0.1, -0.05) is 17.7 Å². The molecule has 2 N–H and O–H groups in total. The largest absolute Gasteiger partial charge is 0.481 e. The van der Waals surface area contributed by atoms with Crippen molar-refractivity contribution in [2.75, 3.05) is 17.1 Å². The summed E-state index contributed by atoms with van der Waals surface area (Å²) in [6.07, 6.45) is 2.53. The Balaban J connectivity index is 1.38. The van der Waals surface area contributed by atoms with Gasteiger partial charge in [-0.15, -0.1) is 0 Å². The predicted octanol–water partition coefficient (Wildman–Crippen LogP) is 4.01. The maximum Gasteiger partial charge on any atom is 0.274 e. The van der Waals surface area contributed by atoms with E-state index in [-0.39, 0.29) is 21.3 Å². The molecule has 14 heteroatoms. The lowest BCUT2D eigenvalue weighted by atomic mass is 10.2. The normalized spacial score (nSPS) is 11.5. The van der Waals surface area contributed by atoms with Gasteiger partial charge in [-0.05, 0) is 42.5 Å². The molecule has 194 valence electrons. The Morgan fingerprint density at radius 1 is 1.11 bits per heavy atom. The molecule has 5 aromatic rings. The van der Waals surface area contributed by atoms with Crippen molar-refractivity contribution in [1.82, 2.24) is 24.5 Å². The molecule has 0 fully saturated rings. The predicted molar refractivity (Wildman–Crippen MR) is 139 cm³/mol. The molecule has 0 radical (unpaired) electrons. The van der Waals surface area contributed by atoms with Crippen molar-refractivity contribution >= 4 is 49.8 Å². The summed E-state index contributed by atoms with van der Waals surface area (Å²) in [4.78, 5) is 17.1. The Labute approximate surface area is 220 Å². The van der Waals surface area contributed by atoms with Crippen molar-refractivity contribution < 1.29 is 22.3 Å². The lowest BCUT2D eigenvalue weighted by Gasteiger charge is -2.08. The fourth-order valence-electron chi connectivity index (χ4n) is 3.73. The number of fused-ring (bicyclic) bond motifs is 1. The molecule has 2 aromatic carbocycles. The van der Waals surface area contributed by atoms with Gasteiger partial charge in [0.25, 0.3) is 15.9 Å². The molecule has 0 saturated carbocycles. The minimum atomic E-state index is -4.00. The maximum absolute atomic E-state index is 13.4. The van der Waals surface area contributed by atoms with Gasteiger partial charge >= 0.3 is 0 Å². The zero-order valence-electron chi connectivity index (χ0n) is 19.9. The van der Waals surface area contributed by atoms with E-state index in [0.29, 0.717) is 28.3 Å². The zero-order chi connectivity index (χ0) is 27.0. The number of carbonyl (C=O) groups excluding carboxylic acids is 1. The van der Waals surface area contributed by atoms with Gasteiger partial charge in [0, 0.05) is 24.2 Å². The Kier molecular flexibility index (Phi) is 6.46. The summed E-state index contributed by atoms with van der Waals surface area (Å²) in [6.45, 7) is 0. The third-order valence-electron chi connectivity index (χ3n) is 5.50. The molecule has 0 aliphatic rings. The summed E-state index contributed by atoms with van der Waals surface area (Å²) < 4.78 is 49.7. The average Bonchev–Trinajstić information content (AvgIpc) is 3.51. The minimum absolute atomic E-state index is 0.0822. The first-order valence-corrected chi connectivity index (χ1v) is 12.8. The number of ether oxygens (including phenoxy) is 1. The molecule has 3 aromatic heterocycles. The highest BCUT2D eigenvalue weighted by atomic mass is 35.5. The van der Waals surface area contributed by atoms with E-state index in [0.717, 1.165) is 6.07 Å². The number of nitrogens with one attached hydrogen (secondary N) is 2. The highest BCUT2D eigenvalue weighted by Crippen LogP contribution is 2.26. The summed E-state index contributed by atoms with van der Waals surface area (Å²) in [6, 6.07) is 13.5. The molecule has 3 heterocycles. The molecule has 0 bridgehead atoms. The number of amides is 1. The number of hydrogen-bond acceptors (Lipinski definition) is 7. The third kappa shape index (κ3) is 4.88. The first-order valence-electron chi connectivity index (χ1n) is 11.0. The van der Waals surface area contributed by atoms with E-state index in [9.17, 15) is 17.6 Å². The van der Waals surface area contributed by atoms with Gasteiger partial charge in [0.15, 0.2) is 5.82 Å². The molecule has 0 aliphatic heterocycles. The first-order chi connectivity index (χ1) is 18.1. The van der Waals surface area contributed by atoms with Crippen LogP contribution in [0.2, 0.25) is 5.02 Å². The van der Waals surface area contributed by atoms with Gasteiger partial charge in [-0.3, -0.25) is 14.2 Å². The van der Waals surface area contributed by atoms with Crippen LogP contribution in [0.25, 0.3) is 16.7 Å². The van der Waals surface area contributed by atoms with Crippen LogP contribution >= 0.6 is 11.6 Å². The number of pyridine rings is 1. The monoisotopic (exact) mass is 555 g/mol. The number of halogens is 2. The number of hydrogen-bond donors (Lipinski definition) is 2. The van der Waals surface area contributed by atoms with Crippen LogP contribution in [0.1, 0.15) is 10.5 Å². The number of aryl methyl sites for hydroxylation is 1. The Bertz CT molecular complexity index is 1800. The van der Waals surface area contributed by atoms with Crippen molar-refractivity contribution in [3.8, 4) is 11.7 Å². The molecule has 11 nitrogen and oxygen atoms in total. The van der Waals surface area contributed by atoms with Crippen molar-refractivity contribution in [2.45, 2.75) is 4.90 Å². The summed E-state index contributed by atoms with van der Waals surface area (Å²) >= 11 is 5.79. The van der Waals surface area contributed by atoms with Crippen LogP contribution in [-0.2, 0) is 17.1 Å². The van der Waals surface area contributed by atoms with E-state index in [1.807, 2.05) is 0 Å². The van der Waals surface area contributed by atoms with Crippen LogP contribution in [0, 0.1) is 5.82 Å². The maximum atomic E-state index is 13.4. The lowest BCUT2D eigenvalue weighted by Crippen LogP contribution is -2.16. The molecule has 0 unspecified atom stereocenters. The van der Waals surface area contributed by atoms with Gasteiger partial charge in [0.2, 0.25) is 5.88 Å². The SMILES string of the molecule is COc1cccc(-n2cc(S(=O)(=O)Nc3ccc4c(C(=O)Nc5ccc(F)c(Cl)c5)n(C)nc4c3)cn2)n1. The molecule has 0 aliphatic carbocycles. The molecular formula is C24H19ClFN7O4S. The number of nitrogens with zero attached hydrogens (tertiary/aromatic N) is 5. The second-order valence-corrected chi connectivity index (χ2v) is 10.1. The van der Waals surface area contributed by atoms with E-state index in [4.69, 9.17) is 16.3 Å². The topological polar surface area (TPSA) is 133 Å². The van der Waals surface area contributed by atoms with Crippen LogP contribution in [0.5, 0.6) is 5.88 Å². The number of benzene rings is 2. The number of methoxy groups -OCH3 is 1. The van der Waals surface area contributed by atoms with Crippen molar-refractivity contribution in [3.63, 3.8) is 0 Å². The minimum Gasteiger partial charge on any atom is -0.481 e. The standard InChI is InChI=1S/C24H19ClFN7O4S/c1-32-23(24(34)28-14-7-9-19(26)18(25)10-14)17-8-6-15(11-20(17)30-32)31-38(35,36)16-12-27-33(13-16)21-4-3-5-22(29-21)37-2/h3-13,31H,1-2H3,(H,28,34). The Morgan fingerprint density at radius 2 is 1.89 bits per heavy atom. The summed E-state index contributed by atoms with van der Waals surface area (Å²) in [7, 11) is -0.945. The molecule has 1 amide bonds. The average molecular weight is 556 g/mol. The second kappa shape index (κ2) is 9.76. The third-order valence-corrected chi connectivity index (χ3v) is 7.13.